The van der Waals surface area contributed by atoms with Crippen LogP contribution in [0.15, 0.2) is 48.2 Å². The molecule has 0 radical (unpaired) electrons. The highest BCUT2D eigenvalue weighted by Gasteiger charge is 2.50. The molecule has 0 aliphatic carbocycles. The Kier molecular flexibility index (Phi) is 6.16. The topological polar surface area (TPSA) is 69.4 Å². The molecule has 0 saturated carbocycles. The minimum atomic E-state index is -5.01. The van der Waals surface area contributed by atoms with Crippen molar-refractivity contribution in [2.75, 3.05) is 25.4 Å². The first-order valence-electron chi connectivity index (χ1n) is 7.84. The molecule has 1 aliphatic rings. The summed E-state index contributed by atoms with van der Waals surface area (Å²) in [6, 6.07) is 4.54. The first-order chi connectivity index (χ1) is 12.8. The minimum absolute atomic E-state index is 0.137. The summed E-state index contributed by atoms with van der Waals surface area (Å²) < 4.78 is 105. The maximum atomic E-state index is 12.9. The van der Waals surface area contributed by atoms with E-state index in [-0.39, 0.29) is 30.1 Å². The maximum Gasteiger partial charge on any atom is 0.422 e. The maximum absolute atomic E-state index is 12.9. The van der Waals surface area contributed by atoms with Crippen molar-refractivity contribution < 1.29 is 39.5 Å². The van der Waals surface area contributed by atoms with Gasteiger partial charge in [0.2, 0.25) is 0 Å². The van der Waals surface area contributed by atoms with Crippen LogP contribution >= 0.6 is 0 Å². The monoisotopic (exact) mass is 431 g/mol. The molecule has 1 aromatic carbocycles. The van der Waals surface area contributed by atoms with E-state index in [1.54, 1.807) is 0 Å². The smallest absolute Gasteiger partial charge is 0.422 e. The van der Waals surface area contributed by atoms with Crippen LogP contribution in [0.4, 0.5) is 32.0 Å². The zero-order chi connectivity index (χ0) is 21.2. The van der Waals surface area contributed by atoms with Gasteiger partial charge in [-0.05, 0) is 12.1 Å². The Labute approximate surface area is 157 Å². The minimum Gasteiger partial charge on any atom is -0.484 e. The first-order valence-corrected chi connectivity index (χ1v) is 9.45. The molecular formula is C16H17F6N2O3S+. The van der Waals surface area contributed by atoms with E-state index >= 15 is 0 Å². The molecule has 1 atom stereocenters. The van der Waals surface area contributed by atoms with Crippen molar-refractivity contribution in [2.24, 2.45) is 5.73 Å². The average molecular weight is 431 g/mol. The molecule has 0 amide bonds. The number of quaternary nitrogens is 1. The Hall–Kier alpha value is -2.05. The van der Waals surface area contributed by atoms with Crippen molar-refractivity contribution in [3.05, 3.63) is 48.2 Å². The third-order valence-electron chi connectivity index (χ3n) is 3.82. The van der Waals surface area contributed by atoms with E-state index in [0.29, 0.717) is 0 Å². The third kappa shape index (κ3) is 5.26. The van der Waals surface area contributed by atoms with Crippen LogP contribution in [0.3, 0.4) is 0 Å². The fourth-order valence-corrected chi connectivity index (χ4v) is 4.36. The van der Waals surface area contributed by atoms with E-state index in [1.165, 1.54) is 24.3 Å². The van der Waals surface area contributed by atoms with Crippen LogP contribution in [-0.2, 0) is 10.0 Å². The Bertz CT molecular complexity index is 877. The summed E-state index contributed by atoms with van der Waals surface area (Å²) in [6.45, 7) is -2.15. The number of alkyl halides is 6. The van der Waals surface area contributed by atoms with E-state index in [2.05, 4.69) is 4.74 Å². The zero-order valence-electron chi connectivity index (χ0n) is 14.3. The molecule has 12 heteroatoms. The number of ether oxygens (including phenoxy) is 1. The Morgan fingerprint density at radius 1 is 1.11 bits per heavy atom. The number of benzene rings is 1. The van der Waals surface area contributed by atoms with Gasteiger partial charge < -0.3 is 10.5 Å². The molecule has 1 aromatic rings. The Balaban J connectivity index is 2.56. The van der Waals surface area contributed by atoms with Gasteiger partial charge in [0, 0.05) is 24.3 Å². The van der Waals surface area contributed by atoms with Gasteiger partial charge in [-0.3, -0.25) is 0 Å². The highest BCUT2D eigenvalue weighted by molar-refractivity contribution is 7.91. The molecule has 1 aliphatic heterocycles. The standard InChI is InChI=1S/C16H17F6N2O3S/c17-15(18,19)10-27-14-5-1-4-13(7-14)24(6-2-3-12(8-23)9-24)28(25,26)11-16(20,21)22/h1-5,7,9H,6,8,10-11,23H2/q+1. The molecule has 0 bridgehead atoms. The number of sulfonamides is 1. The molecule has 156 valence electrons. The molecule has 28 heavy (non-hydrogen) atoms. The SMILES string of the molecule is NCC1=C[N+](c2cccc(OCC(F)(F)F)c2)(S(=O)(=O)CC(F)(F)F)CC=C1. The summed E-state index contributed by atoms with van der Waals surface area (Å²) in [7, 11) is -4.91. The molecule has 5 nitrogen and oxygen atoms in total. The quantitative estimate of drug-likeness (QED) is 0.555. The molecule has 1 heterocycles. The van der Waals surface area contributed by atoms with Gasteiger partial charge in [0.05, 0.1) is 0 Å². The molecular weight excluding hydrogens is 414 g/mol. The van der Waals surface area contributed by atoms with Gasteiger partial charge in [-0.1, -0.05) is 12.1 Å². The van der Waals surface area contributed by atoms with E-state index in [0.717, 1.165) is 18.3 Å². The van der Waals surface area contributed by atoms with Crippen LogP contribution in [0.25, 0.3) is 0 Å². The third-order valence-corrected chi connectivity index (χ3v) is 5.97. The van der Waals surface area contributed by atoms with Gasteiger partial charge in [-0.25, -0.2) is 0 Å². The van der Waals surface area contributed by atoms with Crippen molar-refractivity contribution in [3.8, 4) is 5.75 Å². The summed E-state index contributed by atoms with van der Waals surface area (Å²) in [5, 5.41) is 0. The fraction of sp³-hybridized carbons (Fsp3) is 0.375. The molecule has 1 unspecified atom stereocenters. The molecule has 0 saturated heterocycles. The van der Waals surface area contributed by atoms with Crippen molar-refractivity contribution in [3.63, 3.8) is 0 Å². The average Bonchev–Trinajstić information content (AvgIpc) is 2.57. The second-order valence-electron chi connectivity index (χ2n) is 6.03. The van der Waals surface area contributed by atoms with Crippen LogP contribution in [0, 0.1) is 0 Å². The number of hydrogen-bond donors (Lipinski definition) is 1. The van der Waals surface area contributed by atoms with Crippen LogP contribution < -0.4 is 14.4 Å². The van der Waals surface area contributed by atoms with Gasteiger partial charge >= 0.3 is 22.4 Å². The highest BCUT2D eigenvalue weighted by atomic mass is 32.2. The predicted molar refractivity (Wildman–Crippen MR) is 90.8 cm³/mol. The number of hydrogen-bond acceptors (Lipinski definition) is 4. The summed E-state index contributed by atoms with van der Waals surface area (Å²) in [5.74, 6) is -2.44. The molecule has 2 N–H and O–H groups in total. The molecule has 0 spiro atoms. The predicted octanol–water partition coefficient (Wildman–Crippen LogP) is 3.24. The van der Waals surface area contributed by atoms with Gasteiger partial charge in [-0.15, -0.1) is 0 Å². The Morgan fingerprint density at radius 3 is 2.36 bits per heavy atom. The zero-order valence-corrected chi connectivity index (χ0v) is 15.1. The first kappa shape index (κ1) is 22.2. The summed E-state index contributed by atoms with van der Waals surface area (Å²) in [5.41, 5.74) is 5.57. The van der Waals surface area contributed by atoms with Gasteiger partial charge in [0.15, 0.2) is 18.0 Å². The number of nitrogens with two attached hydrogens (primary N) is 1. The van der Waals surface area contributed by atoms with Crippen molar-refractivity contribution in [1.82, 2.24) is 3.89 Å². The largest absolute Gasteiger partial charge is 0.484 e. The van der Waals surface area contributed by atoms with Crippen molar-refractivity contribution >= 4 is 15.7 Å². The second-order valence-corrected chi connectivity index (χ2v) is 8.14. The number of halogens is 6. The van der Waals surface area contributed by atoms with Gasteiger partial charge in [0.25, 0.3) is 0 Å². The van der Waals surface area contributed by atoms with E-state index in [1.807, 2.05) is 0 Å². The summed E-state index contributed by atoms with van der Waals surface area (Å²) >= 11 is 0. The van der Waals surface area contributed by atoms with Crippen molar-refractivity contribution in [1.29, 1.82) is 0 Å². The number of rotatable bonds is 6. The van der Waals surface area contributed by atoms with Crippen LogP contribution in [-0.4, -0.2) is 46.2 Å². The Morgan fingerprint density at radius 2 is 1.79 bits per heavy atom. The van der Waals surface area contributed by atoms with Crippen molar-refractivity contribution in [2.45, 2.75) is 12.4 Å². The highest BCUT2D eigenvalue weighted by Crippen LogP contribution is 2.37. The van der Waals surface area contributed by atoms with Gasteiger partial charge in [0.1, 0.15) is 18.5 Å². The van der Waals surface area contributed by atoms with E-state index < -0.39 is 38.6 Å². The lowest BCUT2D eigenvalue weighted by Crippen LogP contribution is -2.54. The lowest BCUT2D eigenvalue weighted by molar-refractivity contribution is -0.153. The van der Waals surface area contributed by atoms with Crippen LogP contribution in [0.2, 0.25) is 0 Å². The molecule has 0 aromatic heterocycles. The molecule has 0 fully saturated rings. The molecule has 2 rings (SSSR count). The number of nitrogens with zero attached hydrogens (tertiary/aromatic N) is 1. The summed E-state index contributed by atoms with van der Waals surface area (Å²) in [4.78, 5) is 0. The normalized spacial score (nSPS) is 20.8. The lowest BCUT2D eigenvalue weighted by atomic mass is 10.2. The lowest BCUT2D eigenvalue weighted by Gasteiger charge is -2.34. The van der Waals surface area contributed by atoms with Crippen LogP contribution in [0.1, 0.15) is 0 Å². The second kappa shape index (κ2) is 7.76. The fourth-order valence-electron chi connectivity index (χ4n) is 2.68. The van der Waals surface area contributed by atoms with E-state index in [4.69, 9.17) is 5.73 Å². The summed E-state index contributed by atoms with van der Waals surface area (Å²) in [6.07, 6.45) is -5.76. The van der Waals surface area contributed by atoms with E-state index in [9.17, 15) is 34.8 Å². The van der Waals surface area contributed by atoms with Gasteiger partial charge in [-0.2, -0.15) is 38.6 Å². The van der Waals surface area contributed by atoms with Crippen LogP contribution in [0.5, 0.6) is 5.75 Å².